The first-order valence-electron chi connectivity index (χ1n) is 4.43. The van der Waals surface area contributed by atoms with E-state index in [0.717, 1.165) is 4.88 Å². The number of nitrogens with one attached hydrogen (secondary N) is 1. The van der Waals surface area contributed by atoms with E-state index in [1.807, 2.05) is 17.5 Å². The van der Waals surface area contributed by atoms with Crippen molar-refractivity contribution in [3.05, 3.63) is 46.7 Å². The SMILES string of the molecule is O=C(NCc1cccs1)c1cnccn1. The zero-order chi connectivity index (χ0) is 10.5. The largest absolute Gasteiger partial charge is 0.346 e. The average Bonchev–Trinajstić information content (AvgIpc) is 2.80. The number of hydrogen-bond acceptors (Lipinski definition) is 4. The lowest BCUT2D eigenvalue weighted by Gasteiger charge is -2.01. The number of rotatable bonds is 3. The molecule has 4 nitrogen and oxygen atoms in total. The molecule has 1 amide bonds. The van der Waals surface area contributed by atoms with E-state index in [0.29, 0.717) is 12.2 Å². The highest BCUT2D eigenvalue weighted by molar-refractivity contribution is 7.09. The van der Waals surface area contributed by atoms with Crippen LogP contribution in [0, 0.1) is 0 Å². The van der Waals surface area contributed by atoms with Crippen molar-refractivity contribution in [2.75, 3.05) is 0 Å². The van der Waals surface area contributed by atoms with Crippen molar-refractivity contribution in [2.45, 2.75) is 6.54 Å². The summed E-state index contributed by atoms with van der Waals surface area (Å²) in [6.45, 7) is 0.535. The molecule has 2 aromatic heterocycles. The molecule has 2 aromatic rings. The third-order valence-corrected chi connectivity index (χ3v) is 2.68. The van der Waals surface area contributed by atoms with Crippen LogP contribution in [0.2, 0.25) is 0 Å². The van der Waals surface area contributed by atoms with E-state index < -0.39 is 0 Å². The van der Waals surface area contributed by atoms with Crippen LogP contribution in [0.3, 0.4) is 0 Å². The lowest BCUT2D eigenvalue weighted by Crippen LogP contribution is -2.23. The van der Waals surface area contributed by atoms with E-state index in [1.165, 1.54) is 18.6 Å². The molecule has 0 saturated carbocycles. The summed E-state index contributed by atoms with van der Waals surface area (Å²) < 4.78 is 0. The molecule has 0 aromatic carbocycles. The van der Waals surface area contributed by atoms with Gasteiger partial charge in [0.2, 0.25) is 0 Å². The molecule has 15 heavy (non-hydrogen) atoms. The highest BCUT2D eigenvalue weighted by Crippen LogP contribution is 2.07. The van der Waals surface area contributed by atoms with Gasteiger partial charge in [-0.05, 0) is 11.4 Å². The van der Waals surface area contributed by atoms with Crippen LogP contribution in [0.15, 0.2) is 36.1 Å². The third kappa shape index (κ3) is 2.60. The Balaban J connectivity index is 1.94. The molecular formula is C10H9N3OS. The van der Waals surface area contributed by atoms with Crippen LogP contribution >= 0.6 is 11.3 Å². The van der Waals surface area contributed by atoms with Crippen molar-refractivity contribution >= 4 is 17.2 Å². The summed E-state index contributed by atoms with van der Waals surface area (Å²) in [7, 11) is 0. The molecule has 0 aliphatic heterocycles. The summed E-state index contributed by atoms with van der Waals surface area (Å²) >= 11 is 1.61. The van der Waals surface area contributed by atoms with Crippen molar-refractivity contribution < 1.29 is 4.79 Å². The second-order valence-corrected chi connectivity index (χ2v) is 3.88. The molecule has 0 aliphatic rings. The quantitative estimate of drug-likeness (QED) is 0.850. The number of hydrogen-bond donors (Lipinski definition) is 1. The highest BCUT2D eigenvalue weighted by Gasteiger charge is 2.05. The van der Waals surface area contributed by atoms with Gasteiger partial charge in [0, 0.05) is 17.3 Å². The zero-order valence-corrected chi connectivity index (χ0v) is 8.70. The molecule has 0 fully saturated rings. The first-order chi connectivity index (χ1) is 7.36. The molecule has 0 unspecified atom stereocenters. The Morgan fingerprint density at radius 1 is 1.47 bits per heavy atom. The summed E-state index contributed by atoms with van der Waals surface area (Å²) in [5.74, 6) is -0.198. The molecule has 0 radical (unpaired) electrons. The fourth-order valence-corrected chi connectivity index (χ4v) is 1.73. The van der Waals surface area contributed by atoms with Gasteiger partial charge in [-0.25, -0.2) is 4.98 Å². The fourth-order valence-electron chi connectivity index (χ4n) is 1.09. The van der Waals surface area contributed by atoms with Crippen molar-refractivity contribution in [1.29, 1.82) is 0 Å². The van der Waals surface area contributed by atoms with Crippen molar-refractivity contribution in [2.24, 2.45) is 0 Å². The average molecular weight is 219 g/mol. The van der Waals surface area contributed by atoms with E-state index in [9.17, 15) is 4.79 Å². The van der Waals surface area contributed by atoms with Crippen LogP contribution in [-0.2, 0) is 6.54 Å². The minimum atomic E-state index is -0.198. The van der Waals surface area contributed by atoms with Gasteiger partial charge in [-0.15, -0.1) is 11.3 Å². The smallest absolute Gasteiger partial charge is 0.271 e. The van der Waals surface area contributed by atoms with E-state index in [4.69, 9.17) is 0 Å². The van der Waals surface area contributed by atoms with Crippen LogP contribution in [0.5, 0.6) is 0 Å². The Morgan fingerprint density at radius 2 is 2.40 bits per heavy atom. The molecule has 0 spiro atoms. The fraction of sp³-hybridized carbons (Fsp3) is 0.100. The normalized spacial score (nSPS) is 9.87. The van der Waals surface area contributed by atoms with Crippen molar-refractivity contribution in [3.63, 3.8) is 0 Å². The molecule has 0 bridgehead atoms. The maximum Gasteiger partial charge on any atom is 0.271 e. The number of amides is 1. The van der Waals surface area contributed by atoms with Gasteiger partial charge in [0.15, 0.2) is 0 Å². The minimum Gasteiger partial charge on any atom is -0.346 e. The number of carbonyl (C=O) groups excluding carboxylic acids is 1. The minimum absolute atomic E-state index is 0.198. The summed E-state index contributed by atoms with van der Waals surface area (Å²) in [5, 5.41) is 4.75. The van der Waals surface area contributed by atoms with E-state index in [2.05, 4.69) is 15.3 Å². The van der Waals surface area contributed by atoms with Gasteiger partial charge in [-0.1, -0.05) is 6.07 Å². The van der Waals surface area contributed by atoms with Gasteiger partial charge in [0.25, 0.3) is 5.91 Å². The second-order valence-electron chi connectivity index (χ2n) is 2.85. The molecule has 0 aliphatic carbocycles. The van der Waals surface area contributed by atoms with Gasteiger partial charge in [0.05, 0.1) is 12.7 Å². The molecular weight excluding hydrogens is 210 g/mol. The van der Waals surface area contributed by atoms with Crippen LogP contribution in [-0.4, -0.2) is 15.9 Å². The van der Waals surface area contributed by atoms with E-state index in [-0.39, 0.29) is 5.91 Å². The van der Waals surface area contributed by atoms with E-state index >= 15 is 0 Å². The predicted octanol–water partition coefficient (Wildman–Crippen LogP) is 1.47. The molecule has 1 N–H and O–H groups in total. The Bertz CT molecular complexity index is 427. The number of aromatic nitrogens is 2. The van der Waals surface area contributed by atoms with Gasteiger partial charge >= 0.3 is 0 Å². The molecule has 0 saturated heterocycles. The zero-order valence-electron chi connectivity index (χ0n) is 7.88. The van der Waals surface area contributed by atoms with Crippen LogP contribution in [0.4, 0.5) is 0 Å². The summed E-state index contributed by atoms with van der Waals surface area (Å²) in [6, 6.07) is 3.93. The summed E-state index contributed by atoms with van der Waals surface area (Å²) in [5.41, 5.74) is 0.342. The van der Waals surface area contributed by atoms with E-state index in [1.54, 1.807) is 11.3 Å². The van der Waals surface area contributed by atoms with Gasteiger partial charge in [-0.2, -0.15) is 0 Å². The number of carbonyl (C=O) groups is 1. The van der Waals surface area contributed by atoms with Gasteiger partial charge < -0.3 is 5.32 Å². The predicted molar refractivity (Wildman–Crippen MR) is 57.5 cm³/mol. The molecule has 0 atom stereocenters. The Hall–Kier alpha value is -1.75. The number of thiophene rings is 1. The summed E-state index contributed by atoms with van der Waals surface area (Å²) in [4.78, 5) is 20.4. The van der Waals surface area contributed by atoms with Crippen molar-refractivity contribution in [3.8, 4) is 0 Å². The lowest BCUT2D eigenvalue weighted by atomic mass is 10.4. The molecule has 2 rings (SSSR count). The monoisotopic (exact) mass is 219 g/mol. The molecule has 76 valence electrons. The Morgan fingerprint density at radius 3 is 3.07 bits per heavy atom. The highest BCUT2D eigenvalue weighted by atomic mass is 32.1. The first kappa shape index (κ1) is 9.79. The van der Waals surface area contributed by atoms with Crippen LogP contribution < -0.4 is 5.32 Å². The van der Waals surface area contributed by atoms with Gasteiger partial charge in [-0.3, -0.25) is 9.78 Å². The third-order valence-electron chi connectivity index (χ3n) is 1.80. The maximum atomic E-state index is 11.5. The first-order valence-corrected chi connectivity index (χ1v) is 5.31. The Labute approximate surface area is 91.0 Å². The topological polar surface area (TPSA) is 54.9 Å². The Kier molecular flexibility index (Phi) is 3.04. The van der Waals surface area contributed by atoms with Crippen LogP contribution in [0.1, 0.15) is 15.4 Å². The van der Waals surface area contributed by atoms with Crippen molar-refractivity contribution in [1.82, 2.24) is 15.3 Å². The molecule has 5 heteroatoms. The number of nitrogens with zero attached hydrogens (tertiary/aromatic N) is 2. The summed E-state index contributed by atoms with van der Waals surface area (Å²) in [6.07, 6.45) is 4.49. The lowest BCUT2D eigenvalue weighted by molar-refractivity contribution is 0.0946. The van der Waals surface area contributed by atoms with Crippen LogP contribution in [0.25, 0.3) is 0 Å². The molecule has 2 heterocycles. The second kappa shape index (κ2) is 4.65. The standard InChI is InChI=1S/C10H9N3OS/c14-10(9-7-11-3-4-12-9)13-6-8-2-1-5-15-8/h1-5,7H,6H2,(H,13,14). The van der Waals surface area contributed by atoms with Gasteiger partial charge in [0.1, 0.15) is 5.69 Å². The maximum absolute atomic E-state index is 11.5.